The van der Waals surface area contributed by atoms with Crippen LogP contribution in [0.15, 0.2) is 53.1 Å². The summed E-state index contributed by atoms with van der Waals surface area (Å²) in [4.78, 5) is 12.4. The van der Waals surface area contributed by atoms with Gasteiger partial charge in [-0.1, -0.05) is 45.2 Å². The van der Waals surface area contributed by atoms with E-state index in [1.807, 2.05) is 19.1 Å². The molecule has 0 spiro atoms. The molecule has 0 saturated heterocycles. The number of nitrogens with zero attached hydrogens (tertiary/aromatic N) is 2. The number of rotatable bonds is 5. The average Bonchev–Trinajstić information content (AvgIpc) is 3.06. The molecule has 1 amide bonds. The van der Waals surface area contributed by atoms with Crippen molar-refractivity contribution in [3.05, 3.63) is 74.4 Å². The SMILES string of the molecule is Cc1ccc(Cl)cc1NC(=O)c1ccn(COc2ccc(Br)cc2Cl)n1. The minimum atomic E-state index is -0.323. The molecular formula is C18H14BrCl2N3O2. The van der Waals surface area contributed by atoms with Crippen molar-refractivity contribution >= 4 is 50.7 Å². The van der Waals surface area contributed by atoms with Gasteiger partial charge in [-0.3, -0.25) is 4.79 Å². The molecule has 8 heteroatoms. The molecular weight excluding hydrogens is 441 g/mol. The van der Waals surface area contributed by atoms with Gasteiger partial charge < -0.3 is 10.1 Å². The Morgan fingerprint density at radius 2 is 2.04 bits per heavy atom. The number of halogens is 3. The van der Waals surface area contributed by atoms with E-state index in [4.69, 9.17) is 27.9 Å². The summed E-state index contributed by atoms with van der Waals surface area (Å²) < 4.78 is 8.00. The highest BCUT2D eigenvalue weighted by atomic mass is 79.9. The number of aromatic nitrogens is 2. The summed E-state index contributed by atoms with van der Waals surface area (Å²) >= 11 is 15.4. The Morgan fingerprint density at radius 1 is 1.23 bits per heavy atom. The number of anilines is 1. The highest BCUT2D eigenvalue weighted by Crippen LogP contribution is 2.28. The molecule has 1 N–H and O–H groups in total. The van der Waals surface area contributed by atoms with Gasteiger partial charge in [0, 0.05) is 21.4 Å². The minimum absolute atomic E-state index is 0.130. The summed E-state index contributed by atoms with van der Waals surface area (Å²) in [5.74, 6) is 0.210. The topological polar surface area (TPSA) is 56.2 Å². The first-order chi connectivity index (χ1) is 12.4. The zero-order valence-electron chi connectivity index (χ0n) is 13.7. The Kier molecular flexibility index (Phi) is 5.86. The Hall–Kier alpha value is -2.02. The number of benzene rings is 2. The minimum Gasteiger partial charge on any atom is -0.470 e. The van der Waals surface area contributed by atoms with Crippen LogP contribution in [-0.4, -0.2) is 15.7 Å². The zero-order valence-corrected chi connectivity index (χ0v) is 16.8. The summed E-state index contributed by atoms with van der Waals surface area (Å²) in [5, 5.41) is 8.06. The molecule has 0 aliphatic carbocycles. The van der Waals surface area contributed by atoms with E-state index in [0.717, 1.165) is 10.0 Å². The van der Waals surface area contributed by atoms with Gasteiger partial charge in [0.05, 0.1) is 5.02 Å². The van der Waals surface area contributed by atoms with Crippen molar-refractivity contribution in [3.63, 3.8) is 0 Å². The molecule has 0 bridgehead atoms. The van der Waals surface area contributed by atoms with Crippen LogP contribution in [0.1, 0.15) is 16.1 Å². The molecule has 26 heavy (non-hydrogen) atoms. The van der Waals surface area contributed by atoms with Crippen LogP contribution in [0.3, 0.4) is 0 Å². The summed E-state index contributed by atoms with van der Waals surface area (Å²) in [5.41, 5.74) is 1.83. The van der Waals surface area contributed by atoms with Gasteiger partial charge >= 0.3 is 0 Å². The average molecular weight is 455 g/mol. The van der Waals surface area contributed by atoms with E-state index in [2.05, 4.69) is 26.3 Å². The van der Waals surface area contributed by atoms with Crippen molar-refractivity contribution in [1.82, 2.24) is 9.78 Å². The van der Waals surface area contributed by atoms with Gasteiger partial charge in [0.2, 0.25) is 0 Å². The lowest BCUT2D eigenvalue weighted by molar-refractivity contribution is 0.102. The largest absolute Gasteiger partial charge is 0.470 e. The molecule has 0 aliphatic heterocycles. The molecule has 1 heterocycles. The molecule has 0 unspecified atom stereocenters. The van der Waals surface area contributed by atoms with E-state index in [0.29, 0.717) is 21.5 Å². The summed E-state index contributed by atoms with van der Waals surface area (Å²) in [6, 6.07) is 12.2. The van der Waals surface area contributed by atoms with E-state index in [9.17, 15) is 4.79 Å². The quantitative estimate of drug-likeness (QED) is 0.549. The van der Waals surface area contributed by atoms with Crippen molar-refractivity contribution in [1.29, 1.82) is 0 Å². The highest BCUT2D eigenvalue weighted by Gasteiger charge is 2.12. The maximum Gasteiger partial charge on any atom is 0.276 e. The third kappa shape index (κ3) is 4.58. The predicted octanol–water partition coefficient (Wildman–Crippen LogP) is 5.55. The van der Waals surface area contributed by atoms with Gasteiger partial charge in [0.1, 0.15) is 5.75 Å². The Bertz CT molecular complexity index is 959. The monoisotopic (exact) mass is 453 g/mol. The summed E-state index contributed by atoms with van der Waals surface area (Å²) in [7, 11) is 0. The summed E-state index contributed by atoms with van der Waals surface area (Å²) in [6.45, 7) is 2.02. The van der Waals surface area contributed by atoms with Crippen LogP contribution in [0.5, 0.6) is 5.75 Å². The number of carbonyl (C=O) groups excluding carboxylic acids is 1. The number of nitrogens with one attached hydrogen (secondary N) is 1. The smallest absolute Gasteiger partial charge is 0.276 e. The molecule has 3 rings (SSSR count). The third-order valence-electron chi connectivity index (χ3n) is 3.57. The second kappa shape index (κ2) is 8.12. The van der Waals surface area contributed by atoms with Gasteiger partial charge in [-0.15, -0.1) is 0 Å². The standard InChI is InChI=1S/C18H14BrCl2N3O2/c1-11-2-4-13(20)9-16(11)22-18(25)15-6-7-24(23-15)10-26-17-5-3-12(19)8-14(17)21/h2-9H,10H2,1H3,(H,22,25). The van der Waals surface area contributed by atoms with Crippen LogP contribution >= 0.6 is 39.1 Å². The normalized spacial score (nSPS) is 10.6. The van der Waals surface area contributed by atoms with Gasteiger partial charge in [-0.05, 0) is 48.9 Å². The molecule has 134 valence electrons. The van der Waals surface area contributed by atoms with E-state index in [-0.39, 0.29) is 18.3 Å². The summed E-state index contributed by atoms with van der Waals surface area (Å²) in [6.07, 6.45) is 1.66. The fraction of sp³-hybridized carbons (Fsp3) is 0.111. The first-order valence-corrected chi connectivity index (χ1v) is 9.16. The Balaban J connectivity index is 1.65. The number of aryl methyl sites for hydroxylation is 1. The third-order valence-corrected chi connectivity index (χ3v) is 4.59. The zero-order chi connectivity index (χ0) is 18.7. The molecule has 5 nitrogen and oxygen atoms in total. The second-order valence-electron chi connectivity index (χ2n) is 5.50. The molecule has 0 saturated carbocycles. The number of ether oxygens (including phenoxy) is 1. The fourth-order valence-corrected chi connectivity index (χ4v) is 3.10. The number of amides is 1. The van der Waals surface area contributed by atoms with E-state index >= 15 is 0 Å². The number of carbonyl (C=O) groups is 1. The predicted molar refractivity (Wildman–Crippen MR) is 106 cm³/mol. The molecule has 0 atom stereocenters. The molecule has 3 aromatic rings. The maximum absolute atomic E-state index is 12.4. The highest BCUT2D eigenvalue weighted by molar-refractivity contribution is 9.10. The van der Waals surface area contributed by atoms with Gasteiger partial charge in [0.15, 0.2) is 12.4 Å². The lowest BCUT2D eigenvalue weighted by Gasteiger charge is -2.09. The molecule has 0 radical (unpaired) electrons. The fourth-order valence-electron chi connectivity index (χ4n) is 2.20. The van der Waals surface area contributed by atoms with Crippen molar-refractivity contribution in [2.75, 3.05) is 5.32 Å². The van der Waals surface area contributed by atoms with Crippen LogP contribution in [0.4, 0.5) is 5.69 Å². The van der Waals surface area contributed by atoms with Crippen molar-refractivity contribution in [3.8, 4) is 5.75 Å². The lowest BCUT2D eigenvalue weighted by Crippen LogP contribution is -2.15. The Labute approximate surface area is 169 Å². The first-order valence-electron chi connectivity index (χ1n) is 7.61. The maximum atomic E-state index is 12.4. The lowest BCUT2D eigenvalue weighted by atomic mass is 10.2. The van der Waals surface area contributed by atoms with Crippen molar-refractivity contribution < 1.29 is 9.53 Å². The first kappa shape index (κ1) is 18.8. The van der Waals surface area contributed by atoms with Crippen LogP contribution < -0.4 is 10.1 Å². The number of hydrogen-bond donors (Lipinski definition) is 1. The number of hydrogen-bond acceptors (Lipinski definition) is 3. The van der Waals surface area contributed by atoms with Crippen molar-refractivity contribution in [2.24, 2.45) is 0 Å². The molecule has 1 aromatic heterocycles. The van der Waals surface area contributed by atoms with Gasteiger partial charge in [-0.25, -0.2) is 4.68 Å². The van der Waals surface area contributed by atoms with Crippen LogP contribution in [-0.2, 0) is 6.73 Å². The van der Waals surface area contributed by atoms with E-state index in [1.54, 1.807) is 36.5 Å². The molecule has 2 aromatic carbocycles. The van der Waals surface area contributed by atoms with E-state index < -0.39 is 0 Å². The van der Waals surface area contributed by atoms with Crippen LogP contribution in [0.2, 0.25) is 10.0 Å². The molecule has 0 fully saturated rings. The Morgan fingerprint density at radius 3 is 2.81 bits per heavy atom. The van der Waals surface area contributed by atoms with Crippen LogP contribution in [0, 0.1) is 6.92 Å². The molecule has 0 aliphatic rings. The second-order valence-corrected chi connectivity index (χ2v) is 7.26. The van der Waals surface area contributed by atoms with E-state index in [1.165, 1.54) is 4.68 Å². The van der Waals surface area contributed by atoms with Gasteiger partial charge in [0.25, 0.3) is 5.91 Å². The van der Waals surface area contributed by atoms with Crippen molar-refractivity contribution in [2.45, 2.75) is 13.7 Å². The van der Waals surface area contributed by atoms with Gasteiger partial charge in [-0.2, -0.15) is 5.10 Å². The van der Waals surface area contributed by atoms with Crippen LogP contribution in [0.25, 0.3) is 0 Å².